The van der Waals surface area contributed by atoms with Crippen molar-refractivity contribution in [1.29, 1.82) is 0 Å². The third-order valence-electron chi connectivity index (χ3n) is 6.10. The number of nitrogens with two attached hydrogens (primary N) is 1. The number of carbonyl (C=O) groups excluding carboxylic acids is 2. The number of rotatable bonds is 6. The summed E-state index contributed by atoms with van der Waals surface area (Å²) < 4.78 is 0. The standard InChI is InChI=1S/C29H25N5O4/c1-18(15-27(35)36)34(2)29(38)22-11-7-20(8-12-22)4-3-19-5-9-21(10-6-19)26-16-23(28(37)33-30)24-17-31-14-13-25(24)32-26/h5-14,16-18H,15,30H2,1-2H3,(H,33,37)(H,35,36). The Balaban J connectivity index is 1.50. The molecule has 0 aliphatic heterocycles. The molecule has 4 rings (SSSR count). The first-order valence-electron chi connectivity index (χ1n) is 11.7. The predicted molar refractivity (Wildman–Crippen MR) is 143 cm³/mol. The molecule has 9 nitrogen and oxygen atoms in total. The number of amides is 2. The molecule has 1 atom stereocenters. The number of hydrazine groups is 1. The van der Waals surface area contributed by atoms with E-state index < -0.39 is 17.9 Å². The first kappa shape index (κ1) is 26.0. The van der Waals surface area contributed by atoms with Crippen molar-refractivity contribution in [3.05, 3.63) is 95.3 Å². The summed E-state index contributed by atoms with van der Waals surface area (Å²) in [4.78, 5) is 46.0. The van der Waals surface area contributed by atoms with Gasteiger partial charge in [0.15, 0.2) is 0 Å². The van der Waals surface area contributed by atoms with Crippen molar-refractivity contribution in [3.63, 3.8) is 0 Å². The number of hydrogen-bond acceptors (Lipinski definition) is 6. The van der Waals surface area contributed by atoms with Gasteiger partial charge in [0.05, 0.1) is 23.2 Å². The molecular formula is C29H25N5O4. The molecule has 0 bridgehead atoms. The second-order valence-electron chi connectivity index (χ2n) is 8.69. The molecule has 0 saturated carbocycles. The molecule has 2 aromatic heterocycles. The number of carboxylic acid groups (broad SMARTS) is 1. The van der Waals surface area contributed by atoms with Crippen LogP contribution in [0, 0.1) is 11.8 Å². The molecule has 0 radical (unpaired) electrons. The normalized spacial score (nSPS) is 11.2. The van der Waals surface area contributed by atoms with Crippen LogP contribution >= 0.6 is 0 Å². The van der Waals surface area contributed by atoms with E-state index in [-0.39, 0.29) is 12.3 Å². The molecule has 190 valence electrons. The molecule has 4 N–H and O–H groups in total. The molecular weight excluding hydrogens is 482 g/mol. The van der Waals surface area contributed by atoms with Crippen LogP contribution in [0.2, 0.25) is 0 Å². The fraction of sp³-hybridized carbons (Fsp3) is 0.138. The third-order valence-corrected chi connectivity index (χ3v) is 6.10. The molecule has 38 heavy (non-hydrogen) atoms. The van der Waals surface area contributed by atoms with E-state index in [1.807, 2.05) is 24.3 Å². The number of carbonyl (C=O) groups is 3. The fourth-order valence-corrected chi connectivity index (χ4v) is 3.84. The Morgan fingerprint density at radius 1 is 1.03 bits per heavy atom. The summed E-state index contributed by atoms with van der Waals surface area (Å²) in [6.07, 6.45) is 3.07. The molecule has 0 saturated heterocycles. The van der Waals surface area contributed by atoms with Gasteiger partial charge in [0.25, 0.3) is 11.8 Å². The van der Waals surface area contributed by atoms with E-state index in [0.717, 1.165) is 16.7 Å². The number of aromatic nitrogens is 2. The zero-order chi connectivity index (χ0) is 27.2. The van der Waals surface area contributed by atoms with Crippen LogP contribution in [-0.2, 0) is 4.79 Å². The molecule has 0 spiro atoms. The Labute approximate surface area is 219 Å². The van der Waals surface area contributed by atoms with Crippen molar-refractivity contribution in [2.45, 2.75) is 19.4 Å². The summed E-state index contributed by atoms with van der Waals surface area (Å²) in [6.45, 7) is 1.69. The second kappa shape index (κ2) is 11.3. The van der Waals surface area contributed by atoms with Gasteiger partial charge in [-0.25, -0.2) is 10.8 Å². The number of nitrogens with one attached hydrogen (secondary N) is 1. The first-order chi connectivity index (χ1) is 18.3. The van der Waals surface area contributed by atoms with Crippen LogP contribution in [0.3, 0.4) is 0 Å². The smallest absolute Gasteiger partial charge is 0.305 e. The SMILES string of the molecule is CC(CC(=O)O)N(C)C(=O)c1ccc(C#Cc2ccc(-c3cc(C(=O)NN)c4cnccc4n3)cc2)cc1. The van der Waals surface area contributed by atoms with E-state index >= 15 is 0 Å². The van der Waals surface area contributed by atoms with Crippen LogP contribution in [0.15, 0.2) is 73.1 Å². The Hall–Kier alpha value is -5.07. The minimum atomic E-state index is -0.953. The molecule has 2 amide bonds. The zero-order valence-corrected chi connectivity index (χ0v) is 20.8. The minimum absolute atomic E-state index is 0.122. The van der Waals surface area contributed by atoms with E-state index in [1.54, 1.807) is 62.8 Å². The number of nitrogen functional groups attached to an aromatic ring is 1. The Morgan fingerprint density at radius 3 is 2.26 bits per heavy atom. The maximum atomic E-state index is 12.6. The lowest BCUT2D eigenvalue weighted by Crippen LogP contribution is -2.36. The van der Waals surface area contributed by atoms with E-state index in [4.69, 9.17) is 10.9 Å². The van der Waals surface area contributed by atoms with Crippen molar-refractivity contribution in [2.24, 2.45) is 5.84 Å². The quantitative estimate of drug-likeness (QED) is 0.158. The molecule has 0 fully saturated rings. The summed E-state index contributed by atoms with van der Waals surface area (Å²) >= 11 is 0. The van der Waals surface area contributed by atoms with Gasteiger partial charge in [0, 0.05) is 53.1 Å². The van der Waals surface area contributed by atoms with Crippen molar-refractivity contribution in [3.8, 4) is 23.1 Å². The van der Waals surface area contributed by atoms with Gasteiger partial charge in [-0.2, -0.15) is 0 Å². The predicted octanol–water partition coefficient (Wildman–Crippen LogP) is 3.24. The molecule has 0 aliphatic carbocycles. The lowest BCUT2D eigenvalue weighted by atomic mass is 10.0. The van der Waals surface area contributed by atoms with Crippen LogP contribution in [0.4, 0.5) is 0 Å². The topological polar surface area (TPSA) is 139 Å². The van der Waals surface area contributed by atoms with Crippen molar-refractivity contribution in [1.82, 2.24) is 20.3 Å². The zero-order valence-electron chi connectivity index (χ0n) is 20.8. The van der Waals surface area contributed by atoms with Gasteiger partial charge in [-0.3, -0.25) is 24.8 Å². The lowest BCUT2D eigenvalue weighted by molar-refractivity contribution is -0.137. The monoisotopic (exact) mass is 507 g/mol. The van der Waals surface area contributed by atoms with Gasteiger partial charge in [-0.05, 0) is 55.5 Å². The van der Waals surface area contributed by atoms with Crippen molar-refractivity contribution < 1.29 is 19.5 Å². The average molecular weight is 508 g/mol. The van der Waals surface area contributed by atoms with Crippen LogP contribution < -0.4 is 11.3 Å². The molecule has 0 aliphatic rings. The number of hydrogen-bond donors (Lipinski definition) is 3. The van der Waals surface area contributed by atoms with Crippen molar-refractivity contribution >= 4 is 28.7 Å². The van der Waals surface area contributed by atoms with E-state index in [0.29, 0.717) is 27.7 Å². The highest BCUT2D eigenvalue weighted by Crippen LogP contribution is 2.24. The van der Waals surface area contributed by atoms with Crippen LogP contribution in [0.5, 0.6) is 0 Å². The summed E-state index contributed by atoms with van der Waals surface area (Å²) in [5.41, 5.74) is 6.57. The third kappa shape index (κ3) is 5.83. The largest absolute Gasteiger partial charge is 0.481 e. The fourth-order valence-electron chi connectivity index (χ4n) is 3.84. The molecule has 2 aromatic carbocycles. The Bertz CT molecular complexity index is 1570. The van der Waals surface area contributed by atoms with Gasteiger partial charge in [-0.1, -0.05) is 24.0 Å². The van der Waals surface area contributed by atoms with Gasteiger partial charge < -0.3 is 10.0 Å². The van der Waals surface area contributed by atoms with E-state index in [9.17, 15) is 14.4 Å². The number of benzene rings is 2. The van der Waals surface area contributed by atoms with Gasteiger partial charge in [-0.15, -0.1) is 0 Å². The van der Waals surface area contributed by atoms with Gasteiger partial charge in [0.1, 0.15) is 0 Å². The van der Waals surface area contributed by atoms with Gasteiger partial charge in [0.2, 0.25) is 0 Å². The van der Waals surface area contributed by atoms with Crippen LogP contribution in [-0.4, -0.2) is 50.8 Å². The van der Waals surface area contributed by atoms with Crippen molar-refractivity contribution in [2.75, 3.05) is 7.05 Å². The maximum Gasteiger partial charge on any atom is 0.305 e. The highest BCUT2D eigenvalue weighted by Gasteiger charge is 2.19. The Morgan fingerprint density at radius 2 is 1.66 bits per heavy atom. The lowest BCUT2D eigenvalue weighted by Gasteiger charge is -2.23. The van der Waals surface area contributed by atoms with Gasteiger partial charge >= 0.3 is 5.97 Å². The number of aliphatic carboxylic acids is 1. The number of carboxylic acids is 1. The highest BCUT2D eigenvalue weighted by molar-refractivity contribution is 6.06. The van der Waals surface area contributed by atoms with Crippen LogP contribution in [0.1, 0.15) is 45.2 Å². The number of pyridine rings is 2. The highest BCUT2D eigenvalue weighted by atomic mass is 16.4. The summed E-state index contributed by atoms with van der Waals surface area (Å²) in [6, 6.07) is 17.3. The molecule has 2 heterocycles. The molecule has 9 heteroatoms. The maximum absolute atomic E-state index is 12.6. The minimum Gasteiger partial charge on any atom is -0.481 e. The molecule has 4 aromatic rings. The number of nitrogens with zero attached hydrogens (tertiary/aromatic N) is 3. The molecule has 1 unspecified atom stereocenters. The van der Waals surface area contributed by atoms with E-state index in [1.165, 1.54) is 4.90 Å². The second-order valence-corrected chi connectivity index (χ2v) is 8.69. The van der Waals surface area contributed by atoms with E-state index in [2.05, 4.69) is 27.2 Å². The summed E-state index contributed by atoms with van der Waals surface area (Å²) in [7, 11) is 1.59. The van der Waals surface area contributed by atoms with Crippen LogP contribution in [0.25, 0.3) is 22.2 Å². The summed E-state index contributed by atoms with van der Waals surface area (Å²) in [5, 5.41) is 9.56. The number of fused-ring (bicyclic) bond motifs is 1. The summed E-state index contributed by atoms with van der Waals surface area (Å²) in [5.74, 6) is 9.90. The first-order valence-corrected chi connectivity index (χ1v) is 11.7. The average Bonchev–Trinajstić information content (AvgIpc) is 2.94. The Kier molecular flexibility index (Phi) is 7.75.